The Hall–Kier alpha value is -1.88. The van der Waals surface area contributed by atoms with Crippen molar-refractivity contribution in [2.24, 2.45) is 0 Å². The molecule has 3 aromatic carbocycles. The maximum absolute atomic E-state index is 14.0. The maximum Gasteiger partial charge on any atom is 0.124 e. The Morgan fingerprint density at radius 2 is 1.25 bits per heavy atom. The molecule has 28 heavy (non-hydrogen) atoms. The van der Waals surface area contributed by atoms with Crippen LogP contribution in [0.1, 0.15) is 31.9 Å². The Labute approximate surface area is 169 Å². The van der Waals surface area contributed by atoms with Gasteiger partial charge in [-0.3, -0.25) is 0 Å². The summed E-state index contributed by atoms with van der Waals surface area (Å²) in [5.41, 5.74) is 2.12. The van der Waals surface area contributed by atoms with Crippen LogP contribution in [0.3, 0.4) is 0 Å². The van der Waals surface area contributed by atoms with E-state index in [-0.39, 0.29) is 5.16 Å². The van der Waals surface area contributed by atoms with Gasteiger partial charge in [-0.25, -0.2) is 0 Å². The van der Waals surface area contributed by atoms with E-state index in [1.807, 2.05) is 84.9 Å². The third kappa shape index (κ3) is 4.75. The molecule has 2 atom stereocenters. The summed E-state index contributed by atoms with van der Waals surface area (Å²) in [6.07, 6.45) is 1.10. The normalized spacial score (nSPS) is 15.0. The molecular weight excluding hydrogens is 382 g/mol. The highest BCUT2D eigenvalue weighted by Crippen LogP contribution is 2.59. The number of rotatable bonds is 6. The second kappa shape index (κ2) is 8.64. The van der Waals surface area contributed by atoms with Crippen molar-refractivity contribution in [2.45, 2.75) is 38.3 Å². The molecule has 0 N–H and O–H groups in total. The molecule has 0 aromatic heterocycles. The lowest BCUT2D eigenvalue weighted by atomic mass is 10.2. The lowest BCUT2D eigenvalue weighted by Crippen LogP contribution is -2.24. The van der Waals surface area contributed by atoms with E-state index in [0.717, 1.165) is 21.7 Å². The molecule has 0 aliphatic heterocycles. The van der Waals surface area contributed by atoms with Crippen LogP contribution in [0.2, 0.25) is 0 Å². The van der Waals surface area contributed by atoms with E-state index in [4.69, 9.17) is 0 Å². The van der Waals surface area contributed by atoms with Crippen LogP contribution in [-0.2, 0) is 21.5 Å². The van der Waals surface area contributed by atoms with Gasteiger partial charge in [-0.1, -0.05) is 106 Å². The first kappa shape index (κ1) is 20.8. The van der Waals surface area contributed by atoms with E-state index < -0.39 is 14.9 Å². The van der Waals surface area contributed by atoms with Crippen molar-refractivity contribution in [1.82, 2.24) is 0 Å². The van der Waals surface area contributed by atoms with Crippen molar-refractivity contribution in [3.63, 3.8) is 0 Å². The molecule has 2 unspecified atom stereocenters. The van der Waals surface area contributed by atoms with Gasteiger partial charge in [0.15, 0.2) is 0 Å². The maximum atomic E-state index is 14.0. The van der Waals surface area contributed by atoms with Gasteiger partial charge in [0.05, 0.1) is 0 Å². The summed E-state index contributed by atoms with van der Waals surface area (Å²) in [6, 6.07) is 27.6. The Bertz CT molecular complexity index is 973. The number of hydrogen-bond acceptors (Lipinski definition) is 2. The summed E-state index contributed by atoms with van der Waals surface area (Å²) in [5, 5.41) is 1.53. The highest BCUT2D eigenvalue weighted by atomic mass is 31.2. The zero-order valence-corrected chi connectivity index (χ0v) is 18.7. The van der Waals surface area contributed by atoms with E-state index in [2.05, 4.69) is 20.8 Å². The molecule has 0 radical (unpaired) electrons. The molecular formula is C24H28O2P2. The van der Waals surface area contributed by atoms with Crippen molar-refractivity contribution in [3.05, 3.63) is 96.1 Å². The van der Waals surface area contributed by atoms with Crippen molar-refractivity contribution < 1.29 is 9.13 Å². The quantitative estimate of drug-likeness (QED) is 0.463. The van der Waals surface area contributed by atoms with Gasteiger partial charge in [0.2, 0.25) is 0 Å². The summed E-state index contributed by atoms with van der Waals surface area (Å²) >= 11 is 0. The van der Waals surface area contributed by atoms with Crippen molar-refractivity contribution in [3.8, 4) is 0 Å². The molecule has 0 bridgehead atoms. The number of hydrogen-bond donors (Lipinski definition) is 0. The van der Waals surface area contributed by atoms with Gasteiger partial charge >= 0.3 is 0 Å². The van der Waals surface area contributed by atoms with Crippen LogP contribution < -0.4 is 10.6 Å². The standard InChI is InChI=1S/C24H28O2P2/c1-24(2,3)28(26,23-12-8-5-9-13-23)19-21-16-14-20(15-17-21)18-27(25)22-10-6-4-7-11-22/h4-17,27H,18-19H2,1-3H3. The average Bonchev–Trinajstić information content (AvgIpc) is 2.70. The minimum Gasteiger partial charge on any atom is -0.322 e. The van der Waals surface area contributed by atoms with E-state index in [9.17, 15) is 9.13 Å². The third-order valence-corrected chi connectivity index (χ3v) is 11.0. The fourth-order valence-electron chi connectivity index (χ4n) is 3.32. The lowest BCUT2D eigenvalue weighted by Gasteiger charge is -2.32. The minimum absolute atomic E-state index is 0.314. The molecule has 0 saturated carbocycles. The number of benzene rings is 3. The van der Waals surface area contributed by atoms with E-state index in [1.165, 1.54) is 0 Å². The molecule has 146 valence electrons. The first-order valence-corrected chi connectivity index (χ1v) is 13.1. The highest BCUT2D eigenvalue weighted by molar-refractivity contribution is 7.72. The minimum atomic E-state index is -2.62. The van der Waals surface area contributed by atoms with Crippen LogP contribution >= 0.6 is 14.9 Å². The predicted molar refractivity (Wildman–Crippen MR) is 122 cm³/mol. The predicted octanol–water partition coefficient (Wildman–Crippen LogP) is 6.06. The summed E-state index contributed by atoms with van der Waals surface area (Å²) < 4.78 is 26.6. The molecule has 0 aliphatic carbocycles. The van der Waals surface area contributed by atoms with Crippen LogP contribution in [0.15, 0.2) is 84.9 Å². The fourth-order valence-corrected chi connectivity index (χ4v) is 7.50. The molecule has 0 aliphatic rings. The largest absolute Gasteiger partial charge is 0.322 e. The molecule has 3 aromatic rings. The van der Waals surface area contributed by atoms with Crippen molar-refractivity contribution in [2.75, 3.05) is 0 Å². The molecule has 0 spiro atoms. The van der Waals surface area contributed by atoms with Crippen LogP contribution in [0.4, 0.5) is 0 Å². The zero-order chi connectivity index (χ0) is 20.2. The molecule has 4 heteroatoms. The van der Waals surface area contributed by atoms with Gasteiger partial charge in [-0.2, -0.15) is 0 Å². The SMILES string of the molecule is CC(C)(C)P(=O)(Cc1ccc(C[PH](=O)c2ccccc2)cc1)c1ccccc1. The molecule has 0 heterocycles. The lowest BCUT2D eigenvalue weighted by molar-refractivity contribution is 0.555. The van der Waals surface area contributed by atoms with Gasteiger partial charge < -0.3 is 9.13 Å². The topological polar surface area (TPSA) is 34.1 Å². The fraction of sp³-hybridized carbons (Fsp3) is 0.250. The van der Waals surface area contributed by atoms with Gasteiger partial charge in [0.25, 0.3) is 0 Å². The molecule has 2 nitrogen and oxygen atoms in total. The molecule has 0 fully saturated rings. The molecule has 0 amide bonds. The van der Waals surface area contributed by atoms with Gasteiger partial charge in [-0.15, -0.1) is 0 Å². The Kier molecular flexibility index (Phi) is 6.43. The summed E-state index contributed by atoms with van der Waals surface area (Å²) in [4.78, 5) is 0. The first-order chi connectivity index (χ1) is 13.3. The molecule has 0 saturated heterocycles. The zero-order valence-electron chi connectivity index (χ0n) is 16.8. The summed E-state index contributed by atoms with van der Waals surface area (Å²) in [6.45, 7) is 6.17. The van der Waals surface area contributed by atoms with Crippen LogP contribution in [0.5, 0.6) is 0 Å². The van der Waals surface area contributed by atoms with Gasteiger partial charge in [0.1, 0.15) is 14.9 Å². The van der Waals surface area contributed by atoms with E-state index >= 15 is 0 Å². The Morgan fingerprint density at radius 3 is 1.79 bits per heavy atom. The second-order valence-corrected chi connectivity index (χ2v) is 13.6. The summed E-state index contributed by atoms with van der Waals surface area (Å²) in [7, 11) is -4.46. The van der Waals surface area contributed by atoms with E-state index in [1.54, 1.807) is 0 Å². The van der Waals surface area contributed by atoms with Crippen LogP contribution in [0.25, 0.3) is 0 Å². The summed E-state index contributed by atoms with van der Waals surface area (Å²) in [5.74, 6) is 0. The molecule has 3 rings (SSSR count). The highest BCUT2D eigenvalue weighted by Gasteiger charge is 2.37. The second-order valence-electron chi connectivity index (χ2n) is 8.19. The van der Waals surface area contributed by atoms with Crippen molar-refractivity contribution >= 4 is 25.6 Å². The van der Waals surface area contributed by atoms with Crippen LogP contribution in [-0.4, -0.2) is 5.16 Å². The van der Waals surface area contributed by atoms with Crippen LogP contribution in [0, 0.1) is 0 Å². The smallest absolute Gasteiger partial charge is 0.124 e. The third-order valence-electron chi connectivity index (χ3n) is 5.15. The Morgan fingerprint density at radius 1 is 0.750 bits per heavy atom. The van der Waals surface area contributed by atoms with Gasteiger partial charge in [0, 0.05) is 28.1 Å². The monoisotopic (exact) mass is 410 g/mol. The van der Waals surface area contributed by atoms with Crippen molar-refractivity contribution in [1.29, 1.82) is 0 Å². The Balaban J connectivity index is 1.79. The average molecular weight is 410 g/mol. The van der Waals surface area contributed by atoms with Gasteiger partial charge in [-0.05, 0) is 11.1 Å². The van der Waals surface area contributed by atoms with E-state index in [0.29, 0.717) is 12.3 Å². The first-order valence-electron chi connectivity index (χ1n) is 9.60.